The number of nitrogens with one attached hydrogen (secondary N) is 1. The Morgan fingerprint density at radius 3 is 2.54 bits per heavy atom. The first-order chi connectivity index (χ1) is 11.6. The minimum atomic E-state index is -0.00883. The predicted octanol–water partition coefficient (Wildman–Crippen LogP) is 2.78. The summed E-state index contributed by atoms with van der Waals surface area (Å²) in [5, 5.41) is 3.97. The number of benzene rings is 1. The third-order valence-electron chi connectivity index (χ3n) is 3.97. The average Bonchev–Trinajstić information content (AvgIpc) is 3.02. The molecule has 24 heavy (non-hydrogen) atoms. The van der Waals surface area contributed by atoms with Crippen molar-refractivity contribution in [1.82, 2.24) is 19.8 Å². The number of hydrogen-bond acceptors (Lipinski definition) is 4. The number of nitrogens with zero attached hydrogens (tertiary/aromatic N) is 3. The summed E-state index contributed by atoms with van der Waals surface area (Å²) in [5.74, 6) is 0.833. The topological polar surface area (TPSA) is 50.2 Å². The first-order valence-corrected chi connectivity index (χ1v) is 9.32. The fraction of sp³-hybridized carbons (Fsp3) is 0.444. The quantitative estimate of drug-likeness (QED) is 0.710. The third-order valence-corrected chi connectivity index (χ3v) is 5.10. The zero-order chi connectivity index (χ0) is 17.4. The van der Waals surface area contributed by atoms with Crippen LogP contribution in [0.2, 0.25) is 0 Å². The van der Waals surface area contributed by atoms with Gasteiger partial charge in [0, 0.05) is 43.8 Å². The summed E-state index contributed by atoms with van der Waals surface area (Å²) in [7, 11) is 1.99. The monoisotopic (exact) mass is 346 g/mol. The van der Waals surface area contributed by atoms with Crippen molar-refractivity contribution in [2.24, 2.45) is 7.05 Å². The van der Waals surface area contributed by atoms with Crippen molar-refractivity contribution in [3.05, 3.63) is 47.8 Å². The maximum atomic E-state index is 12.2. The molecule has 1 aromatic carbocycles. The van der Waals surface area contributed by atoms with Gasteiger partial charge in [-0.25, -0.2) is 4.98 Å². The molecular formula is C18H26N4OS. The second-order valence-corrected chi connectivity index (χ2v) is 6.53. The number of carbonyl (C=O) groups is 1. The summed E-state index contributed by atoms with van der Waals surface area (Å²) in [6.07, 6.45) is 3.74. The van der Waals surface area contributed by atoms with Gasteiger partial charge in [0.15, 0.2) is 5.16 Å². The van der Waals surface area contributed by atoms with Crippen LogP contribution in [0, 0.1) is 0 Å². The molecule has 0 aliphatic carbocycles. The van der Waals surface area contributed by atoms with Crippen molar-refractivity contribution in [1.29, 1.82) is 0 Å². The highest BCUT2D eigenvalue weighted by Gasteiger charge is 2.07. The van der Waals surface area contributed by atoms with E-state index >= 15 is 0 Å². The van der Waals surface area contributed by atoms with Crippen LogP contribution in [0.25, 0.3) is 0 Å². The number of aryl methyl sites for hydroxylation is 1. The highest BCUT2D eigenvalue weighted by molar-refractivity contribution is 7.98. The molecule has 2 aromatic rings. The van der Waals surface area contributed by atoms with Crippen molar-refractivity contribution in [2.45, 2.75) is 24.8 Å². The van der Waals surface area contributed by atoms with Gasteiger partial charge in [0.1, 0.15) is 0 Å². The van der Waals surface area contributed by atoms with Gasteiger partial charge in [0.2, 0.25) is 0 Å². The van der Waals surface area contributed by atoms with E-state index in [0.717, 1.165) is 30.5 Å². The van der Waals surface area contributed by atoms with Crippen LogP contribution < -0.4 is 5.32 Å². The van der Waals surface area contributed by atoms with E-state index in [1.165, 1.54) is 5.56 Å². The number of likely N-dealkylation sites (N-methyl/N-ethyl adjacent to an activating group) is 1. The fourth-order valence-corrected chi connectivity index (χ4v) is 3.25. The van der Waals surface area contributed by atoms with Gasteiger partial charge in [0.05, 0.1) is 0 Å². The SMILES string of the molecule is CCN(CC)CCNC(=O)c1ccc(CSc2nccn2C)cc1. The first kappa shape index (κ1) is 18.5. The van der Waals surface area contributed by atoms with Crippen LogP contribution in [0.1, 0.15) is 29.8 Å². The molecule has 0 atom stereocenters. The lowest BCUT2D eigenvalue weighted by molar-refractivity contribution is 0.0949. The van der Waals surface area contributed by atoms with E-state index in [9.17, 15) is 4.79 Å². The van der Waals surface area contributed by atoms with E-state index < -0.39 is 0 Å². The number of carbonyl (C=O) groups excluding carboxylic acids is 1. The standard InChI is InChI=1S/C18H26N4OS/c1-4-22(5-2)13-11-19-17(23)16-8-6-15(7-9-16)14-24-18-20-10-12-21(18)3/h6-10,12H,4-5,11,13-14H2,1-3H3,(H,19,23). The van der Waals surface area contributed by atoms with E-state index in [-0.39, 0.29) is 5.91 Å². The molecule has 1 aromatic heterocycles. The van der Waals surface area contributed by atoms with E-state index in [1.54, 1.807) is 18.0 Å². The van der Waals surface area contributed by atoms with Crippen molar-refractivity contribution in [2.75, 3.05) is 26.2 Å². The van der Waals surface area contributed by atoms with Gasteiger partial charge in [0.25, 0.3) is 5.91 Å². The molecule has 0 saturated heterocycles. The Labute approximate surface area is 148 Å². The number of hydrogen-bond donors (Lipinski definition) is 1. The molecule has 0 spiro atoms. The minimum absolute atomic E-state index is 0.00883. The van der Waals surface area contributed by atoms with Gasteiger partial charge in [-0.3, -0.25) is 4.79 Å². The van der Waals surface area contributed by atoms with Gasteiger partial charge in [-0.2, -0.15) is 0 Å². The Balaban J connectivity index is 1.80. The molecule has 0 fully saturated rings. The zero-order valence-electron chi connectivity index (χ0n) is 14.7. The molecule has 6 heteroatoms. The third kappa shape index (κ3) is 5.39. The van der Waals surface area contributed by atoms with Gasteiger partial charge in [-0.1, -0.05) is 37.7 Å². The van der Waals surface area contributed by atoms with E-state index in [1.807, 2.05) is 42.1 Å². The normalized spacial score (nSPS) is 11.0. The van der Waals surface area contributed by atoms with Crippen molar-refractivity contribution in [3.8, 4) is 0 Å². The average molecular weight is 347 g/mol. The van der Waals surface area contributed by atoms with Crippen molar-refractivity contribution >= 4 is 17.7 Å². The lowest BCUT2D eigenvalue weighted by Gasteiger charge is -2.17. The lowest BCUT2D eigenvalue weighted by Crippen LogP contribution is -2.34. The number of rotatable bonds is 9. The summed E-state index contributed by atoms with van der Waals surface area (Å²) in [6.45, 7) is 7.85. The Morgan fingerprint density at radius 1 is 1.25 bits per heavy atom. The summed E-state index contributed by atoms with van der Waals surface area (Å²) < 4.78 is 2.00. The summed E-state index contributed by atoms with van der Waals surface area (Å²) in [5.41, 5.74) is 1.89. The summed E-state index contributed by atoms with van der Waals surface area (Å²) in [4.78, 5) is 18.7. The van der Waals surface area contributed by atoms with E-state index in [4.69, 9.17) is 0 Å². The van der Waals surface area contributed by atoms with Crippen LogP contribution in [0.4, 0.5) is 0 Å². The second-order valence-electron chi connectivity index (χ2n) is 5.59. The molecule has 0 bridgehead atoms. The number of imidazole rings is 1. The molecule has 1 heterocycles. The van der Waals surface area contributed by atoms with Crippen LogP contribution in [0.3, 0.4) is 0 Å². The van der Waals surface area contributed by atoms with Gasteiger partial charge >= 0.3 is 0 Å². The Kier molecular flexibility index (Phi) is 7.34. The first-order valence-electron chi connectivity index (χ1n) is 8.33. The summed E-state index contributed by atoms with van der Waals surface area (Å²) >= 11 is 1.69. The van der Waals surface area contributed by atoms with Crippen molar-refractivity contribution in [3.63, 3.8) is 0 Å². The number of amides is 1. The lowest BCUT2D eigenvalue weighted by atomic mass is 10.1. The number of aromatic nitrogens is 2. The van der Waals surface area contributed by atoms with Gasteiger partial charge in [-0.05, 0) is 30.8 Å². The van der Waals surface area contributed by atoms with Crippen LogP contribution in [-0.2, 0) is 12.8 Å². The largest absolute Gasteiger partial charge is 0.351 e. The van der Waals surface area contributed by atoms with Crippen LogP contribution in [0.15, 0.2) is 41.8 Å². The molecule has 5 nitrogen and oxygen atoms in total. The van der Waals surface area contributed by atoms with E-state index in [0.29, 0.717) is 12.1 Å². The molecule has 1 amide bonds. The Morgan fingerprint density at radius 2 is 1.96 bits per heavy atom. The highest BCUT2D eigenvalue weighted by Crippen LogP contribution is 2.20. The maximum Gasteiger partial charge on any atom is 0.251 e. The molecule has 1 N–H and O–H groups in total. The molecular weight excluding hydrogens is 320 g/mol. The summed E-state index contributed by atoms with van der Waals surface area (Å²) in [6, 6.07) is 7.80. The number of thioether (sulfide) groups is 1. The van der Waals surface area contributed by atoms with E-state index in [2.05, 4.69) is 29.0 Å². The van der Waals surface area contributed by atoms with Gasteiger partial charge < -0.3 is 14.8 Å². The predicted molar refractivity (Wildman–Crippen MR) is 99.3 cm³/mol. The zero-order valence-corrected chi connectivity index (χ0v) is 15.5. The molecule has 2 rings (SSSR count). The fourth-order valence-electron chi connectivity index (χ4n) is 2.36. The molecule has 0 aliphatic heterocycles. The molecule has 0 saturated carbocycles. The molecule has 130 valence electrons. The molecule has 0 unspecified atom stereocenters. The van der Waals surface area contributed by atoms with Crippen LogP contribution in [0.5, 0.6) is 0 Å². The van der Waals surface area contributed by atoms with Crippen LogP contribution >= 0.6 is 11.8 Å². The maximum absolute atomic E-state index is 12.2. The Hall–Kier alpha value is -1.79. The Bertz CT molecular complexity index is 635. The smallest absolute Gasteiger partial charge is 0.251 e. The van der Waals surface area contributed by atoms with Crippen molar-refractivity contribution < 1.29 is 4.79 Å². The second kappa shape index (κ2) is 9.49. The van der Waals surface area contributed by atoms with Gasteiger partial charge in [-0.15, -0.1) is 0 Å². The molecule has 0 radical (unpaired) electrons. The minimum Gasteiger partial charge on any atom is -0.351 e. The van der Waals surface area contributed by atoms with Crippen LogP contribution in [-0.4, -0.2) is 46.5 Å². The molecule has 0 aliphatic rings. The highest BCUT2D eigenvalue weighted by atomic mass is 32.2.